The molecule has 2 heterocycles. The summed E-state index contributed by atoms with van der Waals surface area (Å²) in [5, 5.41) is 4.02. The molecule has 0 fully saturated rings. The van der Waals surface area contributed by atoms with Gasteiger partial charge in [0, 0.05) is 17.8 Å². The quantitative estimate of drug-likeness (QED) is 0.517. The van der Waals surface area contributed by atoms with Gasteiger partial charge in [-0.05, 0) is 53.9 Å². The number of benzene rings is 2. The maximum absolute atomic E-state index is 13.1. The maximum atomic E-state index is 13.1. The van der Waals surface area contributed by atoms with Gasteiger partial charge in [0.2, 0.25) is 5.91 Å². The Morgan fingerprint density at radius 3 is 2.63 bits per heavy atom. The normalized spacial score (nSPS) is 11.0. The van der Waals surface area contributed by atoms with Gasteiger partial charge in [0.25, 0.3) is 5.56 Å². The lowest BCUT2D eigenvalue weighted by Crippen LogP contribution is -2.31. The van der Waals surface area contributed by atoms with Crippen molar-refractivity contribution in [3.63, 3.8) is 0 Å². The van der Waals surface area contributed by atoms with Crippen LogP contribution in [0.5, 0.6) is 0 Å². The highest BCUT2D eigenvalue weighted by Gasteiger charge is 2.18. The predicted molar refractivity (Wildman–Crippen MR) is 118 cm³/mol. The second-order valence-electron chi connectivity index (χ2n) is 6.98. The predicted octanol–water partition coefficient (Wildman–Crippen LogP) is 3.72. The smallest absolute Gasteiger partial charge is 0.280 e. The lowest BCUT2D eigenvalue weighted by molar-refractivity contribution is -0.122. The number of pyridine rings is 1. The van der Waals surface area contributed by atoms with Gasteiger partial charge in [-0.15, -0.1) is 0 Å². The number of hydrogen-bond donors (Lipinski definition) is 1. The van der Waals surface area contributed by atoms with Crippen molar-refractivity contribution in [2.45, 2.75) is 26.4 Å². The molecule has 4 rings (SSSR count). The van der Waals surface area contributed by atoms with Crippen molar-refractivity contribution in [3.8, 4) is 5.69 Å². The Hall–Kier alpha value is -3.38. The fourth-order valence-corrected chi connectivity index (χ4v) is 3.52. The van der Waals surface area contributed by atoms with Crippen LogP contribution in [0.15, 0.2) is 71.7 Å². The minimum Gasteiger partial charge on any atom is -0.350 e. The fourth-order valence-electron chi connectivity index (χ4n) is 3.39. The standard InChI is InChI=1S/C23H21ClN4O2/c1-2-16-5-3-6-19(13-16)28-23(30)20-7-4-12-25-22(20)27(28)15-21(29)26-14-17-8-10-18(24)11-9-17/h3-13H,2,14-15H2,1H3,(H,26,29). The number of amides is 1. The van der Waals surface area contributed by atoms with Crippen LogP contribution in [-0.4, -0.2) is 20.3 Å². The van der Waals surface area contributed by atoms with Gasteiger partial charge in [-0.2, -0.15) is 0 Å². The van der Waals surface area contributed by atoms with Crippen molar-refractivity contribution in [1.82, 2.24) is 19.7 Å². The van der Waals surface area contributed by atoms with Crippen molar-refractivity contribution in [3.05, 3.63) is 93.4 Å². The van der Waals surface area contributed by atoms with Crippen molar-refractivity contribution >= 4 is 28.5 Å². The highest BCUT2D eigenvalue weighted by Crippen LogP contribution is 2.15. The zero-order valence-electron chi connectivity index (χ0n) is 16.5. The number of hydrogen-bond acceptors (Lipinski definition) is 3. The number of carbonyl (C=O) groups is 1. The molecular formula is C23H21ClN4O2. The van der Waals surface area contributed by atoms with E-state index >= 15 is 0 Å². The molecular weight excluding hydrogens is 400 g/mol. The number of carbonyl (C=O) groups excluding carboxylic acids is 1. The molecule has 1 amide bonds. The number of rotatable bonds is 6. The van der Waals surface area contributed by atoms with E-state index in [0.29, 0.717) is 28.3 Å². The summed E-state index contributed by atoms with van der Waals surface area (Å²) in [5.41, 5.74) is 3.04. The molecule has 0 atom stereocenters. The van der Waals surface area contributed by atoms with Gasteiger partial charge in [-0.3, -0.25) is 14.3 Å². The van der Waals surface area contributed by atoms with Crippen LogP contribution in [0.1, 0.15) is 18.1 Å². The molecule has 0 aliphatic heterocycles. The van der Waals surface area contributed by atoms with Gasteiger partial charge >= 0.3 is 0 Å². The minimum absolute atomic E-state index is 0.0281. The highest BCUT2D eigenvalue weighted by atomic mass is 35.5. The molecule has 2 aromatic carbocycles. The van der Waals surface area contributed by atoms with E-state index in [1.165, 1.54) is 4.68 Å². The summed E-state index contributed by atoms with van der Waals surface area (Å²) in [7, 11) is 0. The summed E-state index contributed by atoms with van der Waals surface area (Å²) in [6, 6.07) is 18.5. The van der Waals surface area contributed by atoms with Gasteiger partial charge in [-0.1, -0.05) is 42.8 Å². The second kappa shape index (κ2) is 8.55. The number of nitrogens with one attached hydrogen (secondary N) is 1. The monoisotopic (exact) mass is 420 g/mol. The van der Waals surface area contributed by atoms with E-state index in [9.17, 15) is 9.59 Å². The third kappa shape index (κ3) is 4.00. The summed E-state index contributed by atoms with van der Waals surface area (Å²) in [5.74, 6) is -0.215. The molecule has 152 valence electrons. The number of fused-ring (bicyclic) bond motifs is 1. The van der Waals surface area contributed by atoms with Crippen LogP contribution < -0.4 is 10.9 Å². The summed E-state index contributed by atoms with van der Waals surface area (Å²) >= 11 is 5.91. The van der Waals surface area contributed by atoms with Crippen LogP contribution in [0.2, 0.25) is 5.02 Å². The van der Waals surface area contributed by atoms with Crippen molar-refractivity contribution in [2.75, 3.05) is 0 Å². The largest absolute Gasteiger partial charge is 0.350 e. The van der Waals surface area contributed by atoms with E-state index in [2.05, 4.69) is 17.2 Å². The van der Waals surface area contributed by atoms with Crippen LogP contribution in [0.3, 0.4) is 0 Å². The molecule has 0 saturated heterocycles. The number of nitrogens with zero attached hydrogens (tertiary/aromatic N) is 3. The van der Waals surface area contributed by atoms with Gasteiger partial charge < -0.3 is 5.32 Å². The zero-order valence-corrected chi connectivity index (χ0v) is 17.3. The Labute approximate surface area is 178 Å². The van der Waals surface area contributed by atoms with Crippen LogP contribution >= 0.6 is 11.6 Å². The van der Waals surface area contributed by atoms with Crippen molar-refractivity contribution in [2.24, 2.45) is 0 Å². The molecule has 7 heteroatoms. The van der Waals surface area contributed by atoms with Crippen molar-refractivity contribution < 1.29 is 4.79 Å². The van der Waals surface area contributed by atoms with E-state index in [0.717, 1.165) is 17.5 Å². The molecule has 1 N–H and O–H groups in total. The zero-order chi connectivity index (χ0) is 21.1. The molecule has 4 aromatic rings. The summed E-state index contributed by atoms with van der Waals surface area (Å²) < 4.78 is 3.16. The fraction of sp³-hybridized carbons (Fsp3) is 0.174. The first-order chi connectivity index (χ1) is 14.6. The third-order valence-corrected chi connectivity index (χ3v) is 5.21. The molecule has 0 radical (unpaired) electrons. The average Bonchev–Trinajstić information content (AvgIpc) is 3.05. The van der Waals surface area contributed by atoms with E-state index in [1.807, 2.05) is 36.4 Å². The van der Waals surface area contributed by atoms with Gasteiger partial charge in [0.05, 0.1) is 11.1 Å². The topological polar surface area (TPSA) is 68.9 Å². The Kier molecular flexibility index (Phi) is 5.68. The van der Waals surface area contributed by atoms with Crippen LogP contribution in [-0.2, 0) is 24.3 Å². The summed E-state index contributed by atoms with van der Waals surface area (Å²) in [6.45, 7) is 2.40. The Balaban J connectivity index is 1.68. The highest BCUT2D eigenvalue weighted by molar-refractivity contribution is 6.30. The van der Waals surface area contributed by atoms with Crippen LogP contribution in [0.25, 0.3) is 16.7 Å². The molecule has 0 aliphatic rings. The summed E-state index contributed by atoms with van der Waals surface area (Å²) in [6.07, 6.45) is 2.47. The third-order valence-electron chi connectivity index (χ3n) is 4.96. The molecule has 0 aliphatic carbocycles. The Morgan fingerprint density at radius 1 is 1.07 bits per heavy atom. The van der Waals surface area contributed by atoms with Crippen LogP contribution in [0, 0.1) is 0 Å². The lowest BCUT2D eigenvalue weighted by atomic mass is 10.1. The average molecular weight is 421 g/mol. The van der Waals surface area contributed by atoms with Gasteiger partial charge in [-0.25, -0.2) is 9.67 Å². The maximum Gasteiger partial charge on any atom is 0.280 e. The minimum atomic E-state index is -0.215. The molecule has 0 spiro atoms. The van der Waals surface area contributed by atoms with Gasteiger partial charge in [0.15, 0.2) is 5.65 Å². The second-order valence-corrected chi connectivity index (χ2v) is 7.41. The Morgan fingerprint density at radius 2 is 1.87 bits per heavy atom. The van der Waals surface area contributed by atoms with E-state index in [1.54, 1.807) is 35.1 Å². The molecule has 30 heavy (non-hydrogen) atoms. The lowest BCUT2D eigenvalue weighted by Gasteiger charge is -2.13. The summed E-state index contributed by atoms with van der Waals surface area (Å²) in [4.78, 5) is 30.2. The number of halogens is 1. The molecule has 2 aromatic heterocycles. The first-order valence-electron chi connectivity index (χ1n) is 9.74. The number of aryl methyl sites for hydroxylation is 1. The number of aromatic nitrogens is 3. The van der Waals surface area contributed by atoms with E-state index < -0.39 is 0 Å². The molecule has 6 nitrogen and oxygen atoms in total. The SMILES string of the molecule is CCc1cccc(-n2c(=O)c3cccnc3n2CC(=O)NCc2ccc(Cl)cc2)c1. The first kappa shape index (κ1) is 19.9. The molecule has 0 bridgehead atoms. The molecule has 0 saturated carbocycles. The van der Waals surface area contributed by atoms with Crippen LogP contribution in [0.4, 0.5) is 0 Å². The first-order valence-corrected chi connectivity index (χ1v) is 10.1. The van der Waals surface area contributed by atoms with Crippen molar-refractivity contribution in [1.29, 1.82) is 0 Å². The van der Waals surface area contributed by atoms with E-state index in [4.69, 9.17) is 11.6 Å². The molecule has 0 unspecified atom stereocenters. The van der Waals surface area contributed by atoms with Gasteiger partial charge in [0.1, 0.15) is 6.54 Å². The van der Waals surface area contributed by atoms with E-state index in [-0.39, 0.29) is 18.0 Å². The Bertz CT molecular complexity index is 1260.